The first-order valence-electron chi connectivity index (χ1n) is 12.3. The first-order chi connectivity index (χ1) is 17.6. The van der Waals surface area contributed by atoms with Crippen LogP contribution in [0.25, 0.3) is 32.8 Å². The van der Waals surface area contributed by atoms with E-state index in [4.69, 9.17) is 5.11 Å². The minimum atomic E-state index is -4.76. The number of halogens is 3. The van der Waals surface area contributed by atoms with Crippen LogP contribution in [0.4, 0.5) is 13.2 Å². The summed E-state index contributed by atoms with van der Waals surface area (Å²) in [5, 5.41) is 10.2. The van der Waals surface area contributed by atoms with Crippen molar-refractivity contribution in [2.45, 2.75) is 31.9 Å². The molecular formula is C29H27F3N2O3. The Hall–Kier alpha value is -3.65. The number of carboxylic acid groups (broad SMARTS) is 1. The summed E-state index contributed by atoms with van der Waals surface area (Å²) in [5.74, 6) is -0.958. The number of rotatable bonds is 7. The number of alkyl halides is 3. The Balaban J connectivity index is 1.75. The van der Waals surface area contributed by atoms with Crippen LogP contribution >= 0.6 is 0 Å². The van der Waals surface area contributed by atoms with Crippen LogP contribution in [-0.4, -0.2) is 40.2 Å². The van der Waals surface area contributed by atoms with Crippen LogP contribution < -0.4 is 5.56 Å². The molecule has 37 heavy (non-hydrogen) atoms. The van der Waals surface area contributed by atoms with Crippen molar-refractivity contribution in [3.63, 3.8) is 0 Å². The molecule has 0 aliphatic carbocycles. The number of aliphatic carboxylic acids is 1. The third kappa shape index (κ3) is 4.73. The number of aryl methyl sites for hydroxylation is 2. The van der Waals surface area contributed by atoms with Crippen molar-refractivity contribution >= 4 is 27.6 Å². The van der Waals surface area contributed by atoms with Crippen LogP contribution in [-0.2, 0) is 30.9 Å². The van der Waals surface area contributed by atoms with Gasteiger partial charge in [0.1, 0.15) is 0 Å². The van der Waals surface area contributed by atoms with Gasteiger partial charge >= 0.3 is 12.1 Å². The predicted molar refractivity (Wildman–Crippen MR) is 138 cm³/mol. The van der Waals surface area contributed by atoms with Gasteiger partial charge in [-0.3, -0.25) is 9.59 Å². The summed E-state index contributed by atoms with van der Waals surface area (Å²) in [6.45, 7) is 2.80. The third-order valence-corrected chi connectivity index (χ3v) is 7.30. The number of hydrogen-bond donors (Lipinski definition) is 1. The van der Waals surface area contributed by atoms with Crippen molar-refractivity contribution in [3.8, 4) is 11.1 Å². The van der Waals surface area contributed by atoms with Gasteiger partial charge in [0.15, 0.2) is 0 Å². The topological polar surface area (TPSA) is 62.5 Å². The third-order valence-electron chi connectivity index (χ3n) is 7.30. The molecule has 0 saturated carbocycles. The van der Waals surface area contributed by atoms with E-state index < -0.39 is 23.3 Å². The zero-order valence-corrected chi connectivity index (χ0v) is 20.4. The Kier molecular flexibility index (Phi) is 6.54. The van der Waals surface area contributed by atoms with Crippen molar-refractivity contribution in [2.24, 2.45) is 7.05 Å². The predicted octanol–water partition coefficient (Wildman–Crippen LogP) is 5.64. The lowest BCUT2D eigenvalue weighted by molar-refractivity contribution is -0.137. The molecule has 0 atom stereocenters. The van der Waals surface area contributed by atoms with E-state index in [1.165, 1.54) is 17.7 Å². The number of pyridine rings is 1. The zero-order valence-electron chi connectivity index (χ0n) is 20.4. The van der Waals surface area contributed by atoms with E-state index in [9.17, 15) is 22.8 Å². The maximum atomic E-state index is 14.8. The van der Waals surface area contributed by atoms with Gasteiger partial charge in [-0.05, 0) is 71.9 Å². The van der Waals surface area contributed by atoms with Crippen LogP contribution in [0, 0.1) is 0 Å². The van der Waals surface area contributed by atoms with Crippen molar-refractivity contribution in [1.29, 1.82) is 0 Å². The van der Waals surface area contributed by atoms with Gasteiger partial charge in [0, 0.05) is 25.4 Å². The Labute approximate surface area is 211 Å². The molecule has 1 N–H and O–H groups in total. The van der Waals surface area contributed by atoms with Crippen LogP contribution in [0.15, 0.2) is 59.4 Å². The minimum absolute atomic E-state index is 0.00439. The van der Waals surface area contributed by atoms with Gasteiger partial charge in [-0.25, -0.2) is 0 Å². The summed E-state index contributed by atoms with van der Waals surface area (Å²) in [6, 6.07) is 15.0. The van der Waals surface area contributed by atoms with Gasteiger partial charge in [0.2, 0.25) is 0 Å². The number of fused-ring (bicyclic) bond motifs is 2. The molecule has 0 radical (unpaired) electrons. The van der Waals surface area contributed by atoms with Crippen LogP contribution in [0.3, 0.4) is 0 Å². The number of likely N-dealkylation sites (tertiary alicyclic amines) is 1. The van der Waals surface area contributed by atoms with E-state index in [0.29, 0.717) is 22.8 Å². The molecule has 0 spiro atoms. The summed E-state index contributed by atoms with van der Waals surface area (Å²) in [6.07, 6.45) is -2.86. The summed E-state index contributed by atoms with van der Waals surface area (Å²) >= 11 is 0. The summed E-state index contributed by atoms with van der Waals surface area (Å²) < 4.78 is 45.5. The maximum Gasteiger partial charge on any atom is 0.417 e. The molecule has 5 nitrogen and oxygen atoms in total. The average molecular weight is 509 g/mol. The highest BCUT2D eigenvalue weighted by atomic mass is 19.4. The Morgan fingerprint density at radius 3 is 2.38 bits per heavy atom. The molecule has 4 aromatic rings. The average Bonchev–Trinajstić information content (AvgIpc) is 2.82. The molecule has 0 unspecified atom stereocenters. The molecule has 3 aromatic carbocycles. The number of hydrogen-bond acceptors (Lipinski definition) is 3. The lowest BCUT2D eigenvalue weighted by atomic mass is 9.90. The molecule has 0 bridgehead atoms. The second-order valence-corrected chi connectivity index (χ2v) is 9.62. The molecule has 1 aliphatic rings. The first kappa shape index (κ1) is 25.0. The molecule has 192 valence electrons. The molecule has 1 saturated heterocycles. The van der Waals surface area contributed by atoms with E-state index in [0.717, 1.165) is 31.6 Å². The van der Waals surface area contributed by atoms with Crippen molar-refractivity contribution in [1.82, 2.24) is 9.47 Å². The van der Waals surface area contributed by atoms with Gasteiger partial charge in [-0.1, -0.05) is 42.5 Å². The van der Waals surface area contributed by atoms with Gasteiger partial charge in [0.25, 0.3) is 5.56 Å². The lowest BCUT2D eigenvalue weighted by Crippen LogP contribution is -2.38. The van der Waals surface area contributed by atoms with Crippen molar-refractivity contribution < 1.29 is 23.1 Å². The molecule has 5 rings (SSSR count). The smallest absolute Gasteiger partial charge is 0.417 e. The molecule has 8 heteroatoms. The summed E-state index contributed by atoms with van der Waals surface area (Å²) in [4.78, 5) is 26.9. The Morgan fingerprint density at radius 1 is 0.973 bits per heavy atom. The maximum absolute atomic E-state index is 14.8. The quantitative estimate of drug-likeness (QED) is 0.351. The minimum Gasteiger partial charge on any atom is -0.481 e. The van der Waals surface area contributed by atoms with Crippen LogP contribution in [0.1, 0.15) is 29.5 Å². The molecule has 1 aromatic heterocycles. The fraction of sp³-hybridized carbons (Fsp3) is 0.310. The highest BCUT2D eigenvalue weighted by Gasteiger charge is 2.38. The number of carbonyl (C=O) groups is 1. The summed E-state index contributed by atoms with van der Waals surface area (Å²) in [5.41, 5.74) is -0.115. The van der Waals surface area contributed by atoms with Crippen molar-refractivity contribution in [3.05, 3.63) is 81.6 Å². The SMILES string of the molecule is Cn1c(=O)c(-c2cccc3c(CCC(=O)O)cccc23)c(C(F)(F)F)c2cc(CCN3CCC3)ccc21. The fourth-order valence-corrected chi connectivity index (χ4v) is 5.24. The molecular weight excluding hydrogens is 481 g/mol. The Bertz CT molecular complexity index is 1570. The highest BCUT2D eigenvalue weighted by Crippen LogP contribution is 2.42. The number of nitrogens with zero attached hydrogens (tertiary/aromatic N) is 2. The zero-order chi connectivity index (χ0) is 26.3. The van der Waals surface area contributed by atoms with Gasteiger partial charge in [-0.2, -0.15) is 13.2 Å². The highest BCUT2D eigenvalue weighted by molar-refractivity contribution is 6.01. The Morgan fingerprint density at radius 2 is 1.70 bits per heavy atom. The summed E-state index contributed by atoms with van der Waals surface area (Å²) in [7, 11) is 1.50. The number of carboxylic acids is 1. The van der Waals surface area contributed by atoms with E-state index in [2.05, 4.69) is 4.90 Å². The molecule has 0 amide bonds. The van der Waals surface area contributed by atoms with E-state index in [1.807, 2.05) is 0 Å². The lowest BCUT2D eigenvalue weighted by Gasteiger charge is -2.30. The monoisotopic (exact) mass is 508 g/mol. The molecule has 1 fully saturated rings. The van der Waals surface area contributed by atoms with E-state index in [1.54, 1.807) is 48.5 Å². The standard InChI is InChI=1S/C29H27F3N2O3/c1-33-24-11-9-18(13-16-34-14-4-15-34)17-23(24)27(29(30,31)32)26(28(33)37)22-8-3-6-20-19(10-12-25(35)36)5-2-7-21(20)22/h2-3,5-9,11,17H,4,10,12-16H2,1H3,(H,35,36). The van der Waals surface area contributed by atoms with Gasteiger partial charge in [-0.15, -0.1) is 0 Å². The van der Waals surface area contributed by atoms with E-state index in [-0.39, 0.29) is 34.9 Å². The van der Waals surface area contributed by atoms with Crippen molar-refractivity contribution in [2.75, 3.05) is 19.6 Å². The van der Waals surface area contributed by atoms with E-state index >= 15 is 0 Å². The van der Waals surface area contributed by atoms with Gasteiger partial charge in [0.05, 0.1) is 16.6 Å². The second-order valence-electron chi connectivity index (χ2n) is 9.62. The largest absolute Gasteiger partial charge is 0.481 e. The second kappa shape index (κ2) is 9.67. The van der Waals surface area contributed by atoms with Crippen LogP contribution in [0.5, 0.6) is 0 Å². The number of aromatic nitrogens is 1. The normalized spacial score (nSPS) is 14.3. The fourth-order valence-electron chi connectivity index (χ4n) is 5.24. The first-order valence-corrected chi connectivity index (χ1v) is 12.3. The van der Waals surface area contributed by atoms with Crippen LogP contribution in [0.2, 0.25) is 0 Å². The molecule has 1 aliphatic heterocycles. The number of benzene rings is 3. The molecule has 2 heterocycles. The van der Waals surface area contributed by atoms with Gasteiger partial charge < -0.3 is 14.6 Å².